The van der Waals surface area contributed by atoms with E-state index in [1.807, 2.05) is 0 Å². The summed E-state index contributed by atoms with van der Waals surface area (Å²) in [7, 11) is -0.611. The summed E-state index contributed by atoms with van der Waals surface area (Å²) in [5.41, 5.74) is 21.1. The first-order chi connectivity index (χ1) is 26.4. The second kappa shape index (κ2) is 14.5. The first-order valence-electron chi connectivity index (χ1n) is 20.3. The number of hydrogen-bond donors (Lipinski definition) is 0. The third kappa shape index (κ3) is 5.79. The summed E-state index contributed by atoms with van der Waals surface area (Å²) in [5, 5.41) is 3.38. The van der Waals surface area contributed by atoms with Crippen LogP contribution in [0.15, 0.2) is 139 Å². The van der Waals surface area contributed by atoms with Crippen molar-refractivity contribution in [1.29, 1.82) is 0 Å². The molecule has 0 amide bonds. The first kappa shape index (κ1) is 35.6. The van der Waals surface area contributed by atoms with Gasteiger partial charge in [0.05, 0.1) is 0 Å². The van der Waals surface area contributed by atoms with Crippen molar-refractivity contribution in [3.05, 3.63) is 172 Å². The van der Waals surface area contributed by atoms with E-state index in [2.05, 4.69) is 181 Å². The molecule has 0 fully saturated rings. The van der Waals surface area contributed by atoms with Gasteiger partial charge in [0.15, 0.2) is 0 Å². The molecule has 2 atom stereocenters. The van der Waals surface area contributed by atoms with Crippen molar-refractivity contribution >= 4 is 35.4 Å². The zero-order valence-corrected chi connectivity index (χ0v) is 37.7. The standard InChI is InChI=1S/2C20H21.C12H9Si.Hf/c2*1-4-15-8-5-6-10-18(15)19-11-7-9-16-12-17(14(2)3)13-20(16)19;1-3-7-11-9(5-1)10-6-2-4-8-12(10)13-11;/h2*5-14H,4H2,1-3H3;1-7H,13H2;. The predicted molar refractivity (Wildman–Crippen MR) is 233 cm³/mol. The van der Waals surface area contributed by atoms with Gasteiger partial charge in [-0.1, -0.05) is 0 Å². The summed E-state index contributed by atoms with van der Waals surface area (Å²) >= 11 is -3.12. The average molecular weight is 883 g/mol. The van der Waals surface area contributed by atoms with E-state index in [1.165, 1.54) is 55.6 Å². The third-order valence-electron chi connectivity index (χ3n) is 12.7. The van der Waals surface area contributed by atoms with Crippen LogP contribution in [0, 0.1) is 11.8 Å². The Morgan fingerprint density at radius 3 is 1.44 bits per heavy atom. The van der Waals surface area contributed by atoms with E-state index in [0.29, 0.717) is 19.2 Å². The van der Waals surface area contributed by atoms with Gasteiger partial charge >= 0.3 is 336 Å². The Kier molecular flexibility index (Phi) is 9.56. The number of aryl methyl sites for hydroxylation is 2. The molecule has 1 aliphatic heterocycles. The van der Waals surface area contributed by atoms with Crippen LogP contribution in [-0.2, 0) is 34.3 Å². The fourth-order valence-corrected chi connectivity index (χ4v) is 30.7. The molecule has 0 saturated carbocycles. The van der Waals surface area contributed by atoms with Crippen molar-refractivity contribution in [3.63, 3.8) is 0 Å². The number of rotatable bonds is 9. The van der Waals surface area contributed by atoms with Crippen molar-refractivity contribution in [2.24, 2.45) is 11.8 Å². The Morgan fingerprint density at radius 1 is 0.481 bits per heavy atom. The van der Waals surface area contributed by atoms with Gasteiger partial charge in [-0.05, 0) is 0 Å². The fraction of sp³-hybridized carbons (Fsp3) is 0.231. The molecule has 9 rings (SSSR count). The molecule has 0 nitrogen and oxygen atoms in total. The first-order valence-corrected chi connectivity index (χ1v) is 27.7. The van der Waals surface area contributed by atoms with Gasteiger partial charge in [0.25, 0.3) is 0 Å². The Labute approximate surface area is 333 Å². The minimum atomic E-state index is -3.12. The van der Waals surface area contributed by atoms with Crippen LogP contribution < -0.4 is 13.7 Å². The molecule has 1 heterocycles. The van der Waals surface area contributed by atoms with Crippen LogP contribution in [0.3, 0.4) is 0 Å². The summed E-state index contributed by atoms with van der Waals surface area (Å²) in [6.45, 7) is 14.5. The molecule has 0 aromatic heterocycles. The van der Waals surface area contributed by atoms with E-state index < -0.39 is 31.0 Å². The zero-order valence-electron chi connectivity index (χ0n) is 32.7. The summed E-state index contributed by atoms with van der Waals surface area (Å²) in [6, 6.07) is 49.8. The minimum absolute atomic E-state index is 0.470. The Bertz CT molecular complexity index is 2350. The molecule has 2 heteroatoms. The molecule has 267 valence electrons. The van der Waals surface area contributed by atoms with Crippen LogP contribution in [0.2, 0.25) is 0 Å². The van der Waals surface area contributed by atoms with Crippen LogP contribution in [0.1, 0.15) is 82.3 Å². The van der Waals surface area contributed by atoms with E-state index in [1.54, 1.807) is 36.0 Å². The maximum atomic E-state index is 2.68. The van der Waals surface area contributed by atoms with Crippen molar-refractivity contribution in [2.45, 2.75) is 61.7 Å². The zero-order chi connectivity index (χ0) is 37.1. The molecule has 2 aliphatic carbocycles. The molecule has 0 N–H and O–H groups in total. The van der Waals surface area contributed by atoms with Crippen LogP contribution >= 0.6 is 0 Å². The van der Waals surface area contributed by atoms with Crippen LogP contribution in [0.25, 0.3) is 45.5 Å². The number of benzene rings is 6. The summed E-state index contributed by atoms with van der Waals surface area (Å²) in [4.78, 5) is 0. The van der Waals surface area contributed by atoms with Crippen molar-refractivity contribution < 1.29 is 21.4 Å². The summed E-state index contributed by atoms with van der Waals surface area (Å²) in [6.07, 6.45) is 7.43. The van der Waals surface area contributed by atoms with Gasteiger partial charge in [0.1, 0.15) is 0 Å². The molecule has 0 saturated heterocycles. The van der Waals surface area contributed by atoms with Crippen molar-refractivity contribution in [3.8, 4) is 33.4 Å². The number of allylic oxidation sites excluding steroid dienone is 2. The van der Waals surface area contributed by atoms with Gasteiger partial charge in [-0.25, -0.2) is 0 Å². The Balaban J connectivity index is 1.32. The van der Waals surface area contributed by atoms with Gasteiger partial charge in [-0.2, -0.15) is 0 Å². The fourth-order valence-electron chi connectivity index (χ4n) is 10.1. The Hall–Kier alpha value is -4.11. The molecule has 54 heavy (non-hydrogen) atoms. The van der Waals surface area contributed by atoms with Gasteiger partial charge in [0, 0.05) is 0 Å². The van der Waals surface area contributed by atoms with Gasteiger partial charge < -0.3 is 0 Å². The van der Waals surface area contributed by atoms with E-state index >= 15 is 0 Å². The van der Waals surface area contributed by atoms with E-state index in [-0.39, 0.29) is 0 Å². The predicted octanol–water partition coefficient (Wildman–Crippen LogP) is 11.1. The molecular formula is C52H51HfSi. The molecule has 6 aromatic rings. The van der Waals surface area contributed by atoms with Gasteiger partial charge in [0.2, 0.25) is 0 Å². The van der Waals surface area contributed by atoms with Gasteiger partial charge in [-0.15, -0.1) is 0 Å². The SMILES string of the molecule is CCc1ccccc1-c1cccc2c1C=C(C(C)C)[CH]2[Hf]([c]1cccc2c1[SiH2]c1ccccc1-2)[CH]1C(C(C)C)=Cc2c(-c3ccccc3CC)cccc21. The molecule has 6 aromatic carbocycles. The quantitative estimate of drug-likeness (QED) is 0.127. The number of fused-ring (bicyclic) bond motifs is 5. The summed E-state index contributed by atoms with van der Waals surface area (Å²) in [5.74, 6) is 0.941. The average Bonchev–Trinajstić information content (AvgIpc) is 3.91. The van der Waals surface area contributed by atoms with E-state index in [4.69, 9.17) is 0 Å². The molecule has 2 unspecified atom stereocenters. The van der Waals surface area contributed by atoms with E-state index in [9.17, 15) is 0 Å². The van der Waals surface area contributed by atoms with Gasteiger partial charge in [-0.3, -0.25) is 0 Å². The Morgan fingerprint density at radius 2 is 0.926 bits per heavy atom. The van der Waals surface area contributed by atoms with Crippen LogP contribution in [0.5, 0.6) is 0 Å². The van der Waals surface area contributed by atoms with Crippen LogP contribution in [-0.4, -0.2) is 9.52 Å². The van der Waals surface area contributed by atoms with Crippen LogP contribution in [0.4, 0.5) is 0 Å². The normalized spacial score (nSPS) is 17.0. The molecule has 3 aliphatic rings. The number of hydrogen-bond acceptors (Lipinski definition) is 0. The molecule has 0 bridgehead atoms. The topological polar surface area (TPSA) is 0 Å². The van der Waals surface area contributed by atoms with Crippen molar-refractivity contribution in [1.82, 2.24) is 0 Å². The molecule has 0 radical (unpaired) electrons. The molecule has 0 spiro atoms. The second-order valence-electron chi connectivity index (χ2n) is 16.2. The summed E-state index contributed by atoms with van der Waals surface area (Å²) < 4.78 is 2.76. The molecular weight excluding hydrogens is 831 g/mol. The third-order valence-corrected chi connectivity index (χ3v) is 29.1. The monoisotopic (exact) mass is 883 g/mol. The second-order valence-corrected chi connectivity index (χ2v) is 27.4. The van der Waals surface area contributed by atoms with E-state index in [0.717, 1.165) is 12.8 Å². The van der Waals surface area contributed by atoms with Crippen molar-refractivity contribution in [2.75, 3.05) is 0 Å². The maximum absolute atomic E-state index is 3.12.